The highest BCUT2D eigenvalue weighted by Gasteiger charge is 2.40. The average molecular weight is 434 g/mol. The molecule has 166 valence electrons. The van der Waals surface area contributed by atoms with Crippen LogP contribution in [0.5, 0.6) is 0 Å². The second kappa shape index (κ2) is 9.34. The molecule has 1 aliphatic carbocycles. The van der Waals surface area contributed by atoms with Crippen molar-refractivity contribution in [1.29, 1.82) is 0 Å². The van der Waals surface area contributed by atoms with Crippen LogP contribution < -0.4 is 10.6 Å². The van der Waals surface area contributed by atoms with E-state index in [1.54, 1.807) is 24.3 Å². The molecule has 4 rings (SSSR count). The van der Waals surface area contributed by atoms with Crippen LogP contribution in [-0.2, 0) is 0 Å². The number of carbonyl (C=O) groups is 4. The van der Waals surface area contributed by atoms with Gasteiger partial charge in [-0.05, 0) is 49.6 Å². The zero-order valence-corrected chi connectivity index (χ0v) is 18.1. The quantitative estimate of drug-likeness (QED) is 0.541. The summed E-state index contributed by atoms with van der Waals surface area (Å²) in [5.41, 5.74) is 2.46. The summed E-state index contributed by atoms with van der Waals surface area (Å²) in [5, 5.41) is 5.53. The van der Waals surface area contributed by atoms with Crippen molar-refractivity contribution in [2.45, 2.75) is 45.1 Å². The van der Waals surface area contributed by atoms with Crippen molar-refractivity contribution in [1.82, 2.24) is 15.5 Å². The molecule has 2 aromatic rings. The zero-order chi connectivity index (χ0) is 22.7. The van der Waals surface area contributed by atoms with Crippen molar-refractivity contribution in [3.05, 3.63) is 70.3 Å². The number of benzene rings is 2. The number of rotatable bonds is 6. The Kier molecular flexibility index (Phi) is 6.35. The van der Waals surface area contributed by atoms with E-state index in [1.807, 2.05) is 19.1 Å². The number of amides is 4. The van der Waals surface area contributed by atoms with Crippen LogP contribution in [0.2, 0.25) is 0 Å². The van der Waals surface area contributed by atoms with E-state index in [1.165, 1.54) is 11.0 Å². The maximum absolute atomic E-state index is 12.9. The van der Waals surface area contributed by atoms with Crippen LogP contribution in [-0.4, -0.2) is 47.7 Å². The first-order chi connectivity index (χ1) is 15.5. The molecule has 7 nitrogen and oxygen atoms in total. The van der Waals surface area contributed by atoms with Crippen LogP contribution >= 0.6 is 0 Å². The first-order valence-corrected chi connectivity index (χ1v) is 11.1. The molecular weight excluding hydrogens is 406 g/mol. The lowest BCUT2D eigenvalue weighted by Gasteiger charge is -2.29. The molecule has 0 radical (unpaired) electrons. The molecular formula is C25H27N3O4. The number of imide groups is 1. The normalized spacial score (nSPS) is 16.1. The van der Waals surface area contributed by atoms with Crippen LogP contribution in [0.15, 0.2) is 42.5 Å². The van der Waals surface area contributed by atoms with Gasteiger partial charge in [-0.2, -0.15) is 0 Å². The van der Waals surface area contributed by atoms with Gasteiger partial charge in [-0.3, -0.25) is 24.1 Å². The van der Waals surface area contributed by atoms with Crippen molar-refractivity contribution in [2.24, 2.45) is 0 Å². The first-order valence-electron chi connectivity index (χ1n) is 11.1. The fourth-order valence-electron chi connectivity index (χ4n) is 4.45. The molecule has 1 saturated carbocycles. The SMILES string of the molecule is Cc1ccccc1C(=O)NCCNC(=O)c1ccc2c(c1)C(=O)N(C1CCCCC1)C2=O. The second-order valence-electron chi connectivity index (χ2n) is 8.36. The van der Waals surface area contributed by atoms with Crippen molar-refractivity contribution < 1.29 is 19.2 Å². The largest absolute Gasteiger partial charge is 0.350 e. The smallest absolute Gasteiger partial charge is 0.261 e. The molecule has 32 heavy (non-hydrogen) atoms. The zero-order valence-electron chi connectivity index (χ0n) is 18.1. The minimum atomic E-state index is -0.352. The van der Waals surface area contributed by atoms with Gasteiger partial charge in [-0.25, -0.2) is 0 Å². The summed E-state index contributed by atoms with van der Waals surface area (Å²) >= 11 is 0. The third-order valence-corrected chi connectivity index (χ3v) is 6.21. The lowest BCUT2D eigenvalue weighted by atomic mass is 9.94. The average Bonchev–Trinajstić information content (AvgIpc) is 3.06. The fourth-order valence-corrected chi connectivity index (χ4v) is 4.45. The van der Waals surface area contributed by atoms with E-state index in [0.717, 1.165) is 37.7 Å². The van der Waals surface area contributed by atoms with Crippen molar-refractivity contribution in [2.75, 3.05) is 13.1 Å². The molecule has 0 atom stereocenters. The molecule has 0 saturated heterocycles. The molecule has 7 heteroatoms. The fraction of sp³-hybridized carbons (Fsp3) is 0.360. The Morgan fingerprint density at radius 1 is 0.875 bits per heavy atom. The number of carbonyl (C=O) groups excluding carboxylic acids is 4. The first kappa shape index (κ1) is 21.7. The third kappa shape index (κ3) is 4.28. The number of nitrogens with one attached hydrogen (secondary N) is 2. The molecule has 0 spiro atoms. The minimum absolute atomic E-state index is 0.0507. The maximum atomic E-state index is 12.9. The summed E-state index contributed by atoms with van der Waals surface area (Å²) in [6, 6.07) is 11.9. The summed E-state index contributed by atoms with van der Waals surface area (Å²) < 4.78 is 0. The lowest BCUT2D eigenvalue weighted by molar-refractivity contribution is 0.0548. The van der Waals surface area contributed by atoms with Crippen LogP contribution in [0, 0.1) is 6.92 Å². The molecule has 0 bridgehead atoms. The van der Waals surface area contributed by atoms with Crippen LogP contribution in [0.4, 0.5) is 0 Å². The van der Waals surface area contributed by atoms with E-state index in [9.17, 15) is 19.2 Å². The highest BCUT2D eigenvalue weighted by Crippen LogP contribution is 2.31. The monoisotopic (exact) mass is 433 g/mol. The standard InChI is InChI=1S/C25H27N3O4/c1-16-7-5-6-10-19(16)23(30)27-14-13-26-22(29)17-11-12-20-21(15-17)25(32)28(24(20)31)18-8-3-2-4-9-18/h5-7,10-12,15,18H,2-4,8-9,13-14H2,1H3,(H,26,29)(H,27,30). The molecule has 0 unspecified atom stereocenters. The minimum Gasteiger partial charge on any atom is -0.350 e. The summed E-state index contributed by atoms with van der Waals surface area (Å²) in [5.74, 6) is -1.11. The van der Waals surface area contributed by atoms with Gasteiger partial charge >= 0.3 is 0 Å². The van der Waals surface area contributed by atoms with E-state index in [0.29, 0.717) is 22.3 Å². The molecule has 2 aliphatic rings. The van der Waals surface area contributed by atoms with Crippen molar-refractivity contribution in [3.8, 4) is 0 Å². The predicted molar refractivity (Wildman–Crippen MR) is 120 cm³/mol. The van der Waals surface area contributed by atoms with Gasteiger partial charge in [-0.1, -0.05) is 37.5 Å². The van der Waals surface area contributed by atoms with Gasteiger partial charge in [0, 0.05) is 30.3 Å². The molecule has 1 heterocycles. The van der Waals surface area contributed by atoms with Crippen molar-refractivity contribution >= 4 is 23.6 Å². The molecule has 1 aliphatic heterocycles. The Bertz CT molecular complexity index is 1070. The van der Waals surface area contributed by atoms with Gasteiger partial charge in [0.1, 0.15) is 0 Å². The lowest BCUT2D eigenvalue weighted by Crippen LogP contribution is -2.40. The number of hydrogen-bond donors (Lipinski definition) is 2. The molecule has 2 aromatic carbocycles. The van der Waals surface area contributed by atoms with E-state index in [4.69, 9.17) is 0 Å². The van der Waals surface area contributed by atoms with Gasteiger partial charge < -0.3 is 10.6 Å². The van der Waals surface area contributed by atoms with E-state index < -0.39 is 0 Å². The summed E-state index contributed by atoms with van der Waals surface area (Å²) in [6.45, 7) is 2.39. The van der Waals surface area contributed by atoms with E-state index >= 15 is 0 Å². The Labute approximate surface area is 187 Å². The summed E-state index contributed by atoms with van der Waals surface area (Å²) in [4.78, 5) is 51.8. The van der Waals surface area contributed by atoms with Gasteiger partial charge in [0.05, 0.1) is 11.1 Å². The second-order valence-corrected chi connectivity index (χ2v) is 8.36. The number of hydrogen-bond acceptors (Lipinski definition) is 4. The highest BCUT2D eigenvalue weighted by atomic mass is 16.2. The molecule has 2 N–H and O–H groups in total. The summed E-state index contributed by atoms with van der Waals surface area (Å²) in [7, 11) is 0. The third-order valence-electron chi connectivity index (χ3n) is 6.21. The topological polar surface area (TPSA) is 95.6 Å². The number of aryl methyl sites for hydroxylation is 1. The van der Waals surface area contributed by atoms with Gasteiger partial charge in [0.25, 0.3) is 23.6 Å². The predicted octanol–water partition coefficient (Wildman–Crippen LogP) is 3.08. The van der Waals surface area contributed by atoms with E-state index in [-0.39, 0.29) is 42.8 Å². The highest BCUT2D eigenvalue weighted by molar-refractivity contribution is 6.22. The van der Waals surface area contributed by atoms with Crippen LogP contribution in [0.3, 0.4) is 0 Å². The number of fused-ring (bicyclic) bond motifs is 1. The van der Waals surface area contributed by atoms with Crippen molar-refractivity contribution in [3.63, 3.8) is 0 Å². The maximum Gasteiger partial charge on any atom is 0.261 e. The van der Waals surface area contributed by atoms with Gasteiger partial charge in [0.2, 0.25) is 0 Å². The Morgan fingerprint density at radius 2 is 1.53 bits per heavy atom. The van der Waals surface area contributed by atoms with Gasteiger partial charge in [-0.15, -0.1) is 0 Å². The molecule has 0 aromatic heterocycles. The molecule has 1 fully saturated rings. The Balaban J connectivity index is 1.34. The van der Waals surface area contributed by atoms with Crippen LogP contribution in [0.1, 0.15) is 79.1 Å². The van der Waals surface area contributed by atoms with Crippen LogP contribution in [0.25, 0.3) is 0 Å². The number of nitrogens with zero attached hydrogens (tertiary/aromatic N) is 1. The summed E-state index contributed by atoms with van der Waals surface area (Å²) in [6.07, 6.45) is 4.85. The molecule has 4 amide bonds. The van der Waals surface area contributed by atoms with Gasteiger partial charge in [0.15, 0.2) is 0 Å². The Hall–Kier alpha value is -3.48. The van der Waals surface area contributed by atoms with E-state index in [2.05, 4.69) is 10.6 Å². The Morgan fingerprint density at radius 3 is 2.25 bits per heavy atom.